The molecule has 1 amide bonds. The maximum Gasteiger partial charge on any atom is 0.221 e. The Morgan fingerprint density at radius 2 is 2.18 bits per heavy atom. The van der Waals surface area contributed by atoms with E-state index in [0.717, 1.165) is 36.3 Å². The predicted octanol–water partition coefficient (Wildman–Crippen LogP) is 1.93. The summed E-state index contributed by atoms with van der Waals surface area (Å²) in [5.41, 5.74) is 7.38. The van der Waals surface area contributed by atoms with Crippen LogP contribution < -0.4 is 15.8 Å². The van der Waals surface area contributed by atoms with E-state index < -0.39 is 0 Å². The molecule has 0 atom stereocenters. The van der Waals surface area contributed by atoms with Gasteiger partial charge >= 0.3 is 0 Å². The molecule has 4 nitrogen and oxygen atoms in total. The van der Waals surface area contributed by atoms with Gasteiger partial charge in [0.1, 0.15) is 5.75 Å². The number of amides is 1. The van der Waals surface area contributed by atoms with Crippen LogP contribution in [0.25, 0.3) is 0 Å². The highest BCUT2D eigenvalue weighted by Crippen LogP contribution is 2.24. The number of anilines is 1. The van der Waals surface area contributed by atoms with Gasteiger partial charge in [-0.15, -0.1) is 0 Å². The molecule has 0 fully saturated rings. The molecule has 17 heavy (non-hydrogen) atoms. The minimum absolute atomic E-state index is 0.0666. The third-order valence-corrected chi connectivity index (χ3v) is 2.50. The molecule has 1 aromatic carbocycles. The average Bonchev–Trinajstić information content (AvgIpc) is 2.29. The topological polar surface area (TPSA) is 64.3 Å². The third kappa shape index (κ3) is 4.44. The Labute approximate surface area is 102 Å². The van der Waals surface area contributed by atoms with Crippen molar-refractivity contribution in [2.75, 3.05) is 19.0 Å². The van der Waals surface area contributed by atoms with E-state index in [-0.39, 0.29) is 5.91 Å². The normalized spacial score (nSPS) is 10.1. The summed E-state index contributed by atoms with van der Waals surface area (Å²) in [6.07, 6.45) is 2.93. The third-order valence-electron chi connectivity index (χ3n) is 2.50. The van der Waals surface area contributed by atoms with Crippen LogP contribution in [0.1, 0.15) is 25.3 Å². The molecule has 0 saturated carbocycles. The number of benzene rings is 1. The quantitative estimate of drug-likeness (QED) is 0.742. The van der Waals surface area contributed by atoms with E-state index in [9.17, 15) is 4.79 Å². The first-order chi connectivity index (χ1) is 8.17. The summed E-state index contributed by atoms with van der Waals surface area (Å²) in [6, 6.07) is 5.67. The van der Waals surface area contributed by atoms with Crippen molar-refractivity contribution < 1.29 is 9.53 Å². The number of aryl methyl sites for hydroxylation is 1. The van der Waals surface area contributed by atoms with Gasteiger partial charge in [0.25, 0.3) is 0 Å². The van der Waals surface area contributed by atoms with E-state index in [4.69, 9.17) is 10.5 Å². The van der Waals surface area contributed by atoms with Crippen LogP contribution in [0, 0.1) is 0 Å². The molecule has 0 spiro atoms. The highest BCUT2D eigenvalue weighted by molar-refractivity contribution is 5.88. The van der Waals surface area contributed by atoms with Gasteiger partial charge in [-0.2, -0.15) is 0 Å². The lowest BCUT2D eigenvalue weighted by molar-refractivity contribution is -0.114. The summed E-state index contributed by atoms with van der Waals surface area (Å²) >= 11 is 0. The van der Waals surface area contributed by atoms with Crippen molar-refractivity contribution in [2.45, 2.75) is 26.2 Å². The van der Waals surface area contributed by atoms with Gasteiger partial charge < -0.3 is 15.8 Å². The predicted molar refractivity (Wildman–Crippen MR) is 69.3 cm³/mol. The second-order valence-electron chi connectivity index (χ2n) is 3.95. The highest BCUT2D eigenvalue weighted by atomic mass is 16.5. The first-order valence-electron chi connectivity index (χ1n) is 5.82. The largest absolute Gasteiger partial charge is 0.496 e. The van der Waals surface area contributed by atoms with Gasteiger partial charge in [0.15, 0.2) is 0 Å². The van der Waals surface area contributed by atoms with Crippen LogP contribution in [-0.4, -0.2) is 19.6 Å². The minimum atomic E-state index is -0.0666. The summed E-state index contributed by atoms with van der Waals surface area (Å²) < 4.78 is 5.29. The molecule has 3 N–H and O–H groups in total. The number of carbonyl (C=O) groups is 1. The van der Waals surface area contributed by atoms with Gasteiger partial charge in [-0.3, -0.25) is 4.79 Å². The number of nitrogens with two attached hydrogens (primary N) is 1. The molecule has 1 aromatic rings. The zero-order chi connectivity index (χ0) is 12.7. The van der Waals surface area contributed by atoms with E-state index in [1.165, 1.54) is 6.92 Å². The summed E-state index contributed by atoms with van der Waals surface area (Å²) in [5, 5.41) is 2.77. The molecular formula is C13H20N2O2. The SMILES string of the molecule is COc1ccc(NC(C)=O)cc1CCCCN. The van der Waals surface area contributed by atoms with Crippen LogP contribution in [0.15, 0.2) is 18.2 Å². The Hall–Kier alpha value is -1.55. The van der Waals surface area contributed by atoms with Crippen molar-refractivity contribution in [3.63, 3.8) is 0 Å². The second-order valence-corrected chi connectivity index (χ2v) is 3.95. The first-order valence-corrected chi connectivity index (χ1v) is 5.82. The second kappa shape index (κ2) is 6.91. The number of rotatable bonds is 6. The number of methoxy groups -OCH3 is 1. The van der Waals surface area contributed by atoms with Crippen LogP contribution in [-0.2, 0) is 11.2 Å². The van der Waals surface area contributed by atoms with Crippen molar-refractivity contribution in [1.82, 2.24) is 0 Å². The lowest BCUT2D eigenvalue weighted by atomic mass is 10.1. The Morgan fingerprint density at radius 3 is 2.76 bits per heavy atom. The van der Waals surface area contributed by atoms with Crippen molar-refractivity contribution in [2.24, 2.45) is 5.73 Å². The minimum Gasteiger partial charge on any atom is -0.496 e. The van der Waals surface area contributed by atoms with E-state index in [1.54, 1.807) is 7.11 Å². The molecule has 0 aliphatic carbocycles. The van der Waals surface area contributed by atoms with Crippen LogP contribution in [0.5, 0.6) is 5.75 Å². The zero-order valence-electron chi connectivity index (χ0n) is 10.5. The maximum atomic E-state index is 11.0. The molecule has 0 heterocycles. The Balaban J connectivity index is 2.78. The van der Waals surface area contributed by atoms with Gasteiger partial charge in [0.05, 0.1) is 7.11 Å². The van der Waals surface area contributed by atoms with Crippen LogP contribution >= 0.6 is 0 Å². The fourth-order valence-corrected chi connectivity index (χ4v) is 1.71. The molecule has 4 heteroatoms. The first kappa shape index (κ1) is 13.5. The number of hydrogen-bond acceptors (Lipinski definition) is 3. The summed E-state index contributed by atoms with van der Waals surface area (Å²) in [4.78, 5) is 11.0. The van der Waals surface area contributed by atoms with Gasteiger partial charge in [-0.25, -0.2) is 0 Å². The fourth-order valence-electron chi connectivity index (χ4n) is 1.71. The molecule has 0 aromatic heterocycles. The van der Waals surface area contributed by atoms with Gasteiger partial charge in [0, 0.05) is 12.6 Å². The molecule has 0 aliphatic heterocycles. The zero-order valence-corrected chi connectivity index (χ0v) is 10.5. The molecule has 0 saturated heterocycles. The Morgan fingerprint density at radius 1 is 1.41 bits per heavy atom. The maximum absolute atomic E-state index is 11.0. The van der Waals surface area contributed by atoms with Crippen molar-refractivity contribution >= 4 is 11.6 Å². The van der Waals surface area contributed by atoms with Crippen LogP contribution in [0.3, 0.4) is 0 Å². The van der Waals surface area contributed by atoms with Crippen molar-refractivity contribution in [1.29, 1.82) is 0 Å². The molecule has 0 unspecified atom stereocenters. The fraction of sp³-hybridized carbons (Fsp3) is 0.462. The standard InChI is InChI=1S/C13H20N2O2/c1-10(16)15-12-6-7-13(17-2)11(9-12)5-3-4-8-14/h6-7,9H,3-5,8,14H2,1-2H3,(H,15,16). The highest BCUT2D eigenvalue weighted by Gasteiger charge is 2.05. The van der Waals surface area contributed by atoms with Gasteiger partial charge in [-0.1, -0.05) is 0 Å². The van der Waals surface area contributed by atoms with Crippen molar-refractivity contribution in [3.8, 4) is 5.75 Å². The number of carbonyl (C=O) groups excluding carboxylic acids is 1. The van der Waals surface area contributed by atoms with E-state index in [2.05, 4.69) is 5.32 Å². The van der Waals surface area contributed by atoms with Crippen LogP contribution in [0.4, 0.5) is 5.69 Å². The van der Waals surface area contributed by atoms with Gasteiger partial charge in [-0.05, 0) is 49.6 Å². The summed E-state index contributed by atoms with van der Waals surface area (Å²) in [5.74, 6) is 0.791. The Kier molecular flexibility index (Phi) is 5.49. The molecule has 0 aliphatic rings. The smallest absolute Gasteiger partial charge is 0.221 e. The van der Waals surface area contributed by atoms with Crippen molar-refractivity contribution in [3.05, 3.63) is 23.8 Å². The summed E-state index contributed by atoms with van der Waals surface area (Å²) in [6.45, 7) is 2.20. The number of ether oxygens (including phenoxy) is 1. The number of unbranched alkanes of at least 4 members (excludes halogenated alkanes) is 1. The Bertz CT molecular complexity index is 378. The summed E-state index contributed by atoms with van der Waals surface area (Å²) in [7, 11) is 1.65. The average molecular weight is 236 g/mol. The number of hydrogen-bond donors (Lipinski definition) is 2. The molecule has 0 bridgehead atoms. The molecular weight excluding hydrogens is 216 g/mol. The molecule has 94 valence electrons. The van der Waals surface area contributed by atoms with E-state index in [0.29, 0.717) is 6.54 Å². The lowest BCUT2D eigenvalue weighted by Crippen LogP contribution is -2.06. The monoisotopic (exact) mass is 236 g/mol. The van der Waals surface area contributed by atoms with Gasteiger partial charge in [0.2, 0.25) is 5.91 Å². The van der Waals surface area contributed by atoms with Crippen LogP contribution in [0.2, 0.25) is 0 Å². The number of nitrogens with one attached hydrogen (secondary N) is 1. The lowest BCUT2D eigenvalue weighted by Gasteiger charge is -2.11. The molecule has 0 radical (unpaired) electrons. The van der Waals surface area contributed by atoms with E-state index in [1.807, 2.05) is 18.2 Å². The molecule has 1 rings (SSSR count). The van der Waals surface area contributed by atoms with E-state index >= 15 is 0 Å².